The number of aromatic nitrogens is 1. The first-order valence-corrected chi connectivity index (χ1v) is 7.89. The molecular formula is C16H25N3O2. The molecule has 0 aliphatic heterocycles. The fraction of sp³-hybridized carbons (Fsp3) is 0.625. The van der Waals surface area contributed by atoms with Gasteiger partial charge in [-0.15, -0.1) is 0 Å². The van der Waals surface area contributed by atoms with Crippen molar-refractivity contribution in [2.75, 3.05) is 25.0 Å². The van der Waals surface area contributed by atoms with Crippen LogP contribution in [0.4, 0.5) is 5.82 Å². The molecule has 5 nitrogen and oxygen atoms in total. The molecule has 1 saturated carbocycles. The Morgan fingerprint density at radius 2 is 2.14 bits per heavy atom. The number of ether oxygens (including phenoxy) is 1. The number of hydrogen-bond acceptors (Lipinski definition) is 4. The predicted octanol–water partition coefficient (Wildman–Crippen LogP) is 2.59. The Balaban J connectivity index is 1.67. The number of carbonyl (C=O) groups is 1. The molecular weight excluding hydrogens is 266 g/mol. The number of amides is 1. The quantitative estimate of drug-likeness (QED) is 0.723. The van der Waals surface area contributed by atoms with Gasteiger partial charge in [-0.1, -0.05) is 19.8 Å². The second-order valence-corrected chi connectivity index (χ2v) is 5.39. The maximum Gasteiger partial charge on any atom is 0.252 e. The standard InChI is InChI=1S/C16H25N3O2/c1-2-9-17-15-8-7-13(12-19-15)16(20)18-10-11-21-14-5-3-4-6-14/h7-8,12,14H,2-6,9-11H2,1H3,(H,17,19)(H,18,20). The highest BCUT2D eigenvalue weighted by molar-refractivity contribution is 5.94. The van der Waals surface area contributed by atoms with E-state index in [9.17, 15) is 4.79 Å². The Hall–Kier alpha value is -1.62. The molecule has 0 aromatic carbocycles. The third-order valence-electron chi connectivity index (χ3n) is 3.63. The summed E-state index contributed by atoms with van der Waals surface area (Å²) in [4.78, 5) is 16.2. The van der Waals surface area contributed by atoms with Gasteiger partial charge < -0.3 is 15.4 Å². The van der Waals surface area contributed by atoms with E-state index in [0.29, 0.717) is 24.8 Å². The van der Waals surface area contributed by atoms with Gasteiger partial charge in [0.1, 0.15) is 5.82 Å². The van der Waals surface area contributed by atoms with Crippen molar-refractivity contribution in [3.8, 4) is 0 Å². The molecule has 116 valence electrons. The third-order valence-corrected chi connectivity index (χ3v) is 3.63. The van der Waals surface area contributed by atoms with Crippen molar-refractivity contribution in [1.29, 1.82) is 0 Å². The van der Waals surface area contributed by atoms with Gasteiger partial charge in [-0.25, -0.2) is 4.98 Å². The molecule has 0 saturated heterocycles. The minimum Gasteiger partial charge on any atom is -0.376 e. The number of hydrogen-bond donors (Lipinski definition) is 2. The van der Waals surface area contributed by atoms with Gasteiger partial charge in [0.15, 0.2) is 0 Å². The van der Waals surface area contributed by atoms with Gasteiger partial charge in [0.25, 0.3) is 5.91 Å². The maximum absolute atomic E-state index is 11.9. The second kappa shape index (κ2) is 8.62. The van der Waals surface area contributed by atoms with Crippen LogP contribution in [0.25, 0.3) is 0 Å². The maximum atomic E-state index is 11.9. The number of nitrogens with one attached hydrogen (secondary N) is 2. The Labute approximate surface area is 126 Å². The van der Waals surface area contributed by atoms with E-state index in [0.717, 1.165) is 31.6 Å². The highest BCUT2D eigenvalue weighted by atomic mass is 16.5. The number of nitrogens with zero attached hydrogens (tertiary/aromatic N) is 1. The fourth-order valence-corrected chi connectivity index (χ4v) is 2.43. The highest BCUT2D eigenvalue weighted by Gasteiger charge is 2.15. The van der Waals surface area contributed by atoms with Gasteiger partial charge in [0.2, 0.25) is 0 Å². The molecule has 1 fully saturated rings. The van der Waals surface area contributed by atoms with Crippen molar-refractivity contribution in [2.45, 2.75) is 45.1 Å². The van der Waals surface area contributed by atoms with Crippen molar-refractivity contribution >= 4 is 11.7 Å². The van der Waals surface area contributed by atoms with Crippen LogP contribution in [0.5, 0.6) is 0 Å². The van der Waals surface area contributed by atoms with Crippen molar-refractivity contribution in [1.82, 2.24) is 10.3 Å². The molecule has 0 bridgehead atoms. The van der Waals surface area contributed by atoms with Crippen LogP contribution in [0.2, 0.25) is 0 Å². The first-order valence-electron chi connectivity index (χ1n) is 7.89. The van der Waals surface area contributed by atoms with Gasteiger partial charge in [-0.2, -0.15) is 0 Å². The lowest BCUT2D eigenvalue weighted by Gasteiger charge is -2.11. The Morgan fingerprint density at radius 3 is 2.81 bits per heavy atom. The summed E-state index contributed by atoms with van der Waals surface area (Å²) in [6.07, 6.45) is 7.89. The normalized spacial score (nSPS) is 15.1. The molecule has 1 aliphatic carbocycles. The molecule has 2 N–H and O–H groups in total. The summed E-state index contributed by atoms with van der Waals surface area (Å²) in [6, 6.07) is 3.62. The van der Waals surface area contributed by atoms with E-state index in [4.69, 9.17) is 4.74 Å². The van der Waals surface area contributed by atoms with Gasteiger partial charge in [0.05, 0.1) is 18.3 Å². The molecule has 0 unspecified atom stereocenters. The molecule has 0 spiro atoms. The zero-order valence-electron chi connectivity index (χ0n) is 12.7. The van der Waals surface area contributed by atoms with Crippen molar-refractivity contribution in [2.24, 2.45) is 0 Å². The largest absolute Gasteiger partial charge is 0.376 e. The number of rotatable bonds is 8. The second-order valence-electron chi connectivity index (χ2n) is 5.39. The first-order chi connectivity index (χ1) is 10.3. The number of pyridine rings is 1. The summed E-state index contributed by atoms with van der Waals surface area (Å²) in [5, 5.41) is 6.04. The Bertz CT molecular complexity index is 428. The summed E-state index contributed by atoms with van der Waals surface area (Å²) in [7, 11) is 0. The van der Waals surface area contributed by atoms with E-state index in [1.165, 1.54) is 12.8 Å². The average molecular weight is 291 g/mol. The molecule has 21 heavy (non-hydrogen) atoms. The van der Waals surface area contributed by atoms with Gasteiger partial charge >= 0.3 is 0 Å². The minimum absolute atomic E-state index is 0.0976. The summed E-state index contributed by atoms with van der Waals surface area (Å²) in [6.45, 7) is 4.12. The first kappa shape index (κ1) is 15.8. The third kappa shape index (κ3) is 5.34. The van der Waals surface area contributed by atoms with E-state index in [1.54, 1.807) is 12.3 Å². The van der Waals surface area contributed by atoms with E-state index in [1.807, 2.05) is 6.07 Å². The topological polar surface area (TPSA) is 63.2 Å². The lowest BCUT2D eigenvalue weighted by atomic mass is 10.2. The minimum atomic E-state index is -0.0976. The molecule has 1 heterocycles. The van der Waals surface area contributed by atoms with E-state index >= 15 is 0 Å². The summed E-state index contributed by atoms with van der Waals surface area (Å²) in [5.74, 6) is 0.706. The highest BCUT2D eigenvalue weighted by Crippen LogP contribution is 2.20. The SMILES string of the molecule is CCCNc1ccc(C(=O)NCCOC2CCCC2)cn1. The van der Waals surface area contributed by atoms with Crippen molar-refractivity contribution in [3.63, 3.8) is 0 Å². The molecule has 1 aromatic rings. The van der Waals surface area contributed by atoms with Gasteiger partial charge in [-0.3, -0.25) is 4.79 Å². The predicted molar refractivity (Wildman–Crippen MR) is 83.6 cm³/mol. The van der Waals surface area contributed by atoms with Crippen LogP contribution in [-0.4, -0.2) is 36.7 Å². The van der Waals surface area contributed by atoms with Gasteiger partial charge in [-0.05, 0) is 31.4 Å². The summed E-state index contributed by atoms with van der Waals surface area (Å²) in [5.41, 5.74) is 0.581. The van der Waals surface area contributed by atoms with Crippen molar-refractivity contribution < 1.29 is 9.53 Å². The Kier molecular flexibility index (Phi) is 6.47. The zero-order valence-corrected chi connectivity index (χ0v) is 12.7. The van der Waals surface area contributed by atoms with Crippen LogP contribution >= 0.6 is 0 Å². The monoisotopic (exact) mass is 291 g/mol. The summed E-state index contributed by atoms with van der Waals surface area (Å²) < 4.78 is 5.71. The van der Waals surface area contributed by atoms with Gasteiger partial charge in [0, 0.05) is 19.3 Å². The molecule has 1 amide bonds. The molecule has 1 aromatic heterocycles. The molecule has 0 radical (unpaired) electrons. The molecule has 5 heteroatoms. The Morgan fingerprint density at radius 1 is 1.33 bits per heavy atom. The lowest BCUT2D eigenvalue weighted by Crippen LogP contribution is -2.28. The van der Waals surface area contributed by atoms with E-state index in [2.05, 4.69) is 22.5 Å². The van der Waals surface area contributed by atoms with Crippen LogP contribution in [0.15, 0.2) is 18.3 Å². The van der Waals surface area contributed by atoms with Crippen LogP contribution < -0.4 is 10.6 Å². The molecule has 0 atom stereocenters. The average Bonchev–Trinajstić information content (AvgIpc) is 3.03. The van der Waals surface area contributed by atoms with Crippen molar-refractivity contribution in [3.05, 3.63) is 23.9 Å². The summed E-state index contributed by atoms with van der Waals surface area (Å²) >= 11 is 0. The van der Waals surface area contributed by atoms with Crippen LogP contribution in [-0.2, 0) is 4.74 Å². The smallest absolute Gasteiger partial charge is 0.252 e. The van der Waals surface area contributed by atoms with Crippen LogP contribution in [0.1, 0.15) is 49.4 Å². The molecule has 1 aliphatic rings. The number of carbonyl (C=O) groups excluding carboxylic acids is 1. The fourth-order valence-electron chi connectivity index (χ4n) is 2.43. The van der Waals surface area contributed by atoms with E-state index in [-0.39, 0.29) is 5.91 Å². The van der Waals surface area contributed by atoms with E-state index < -0.39 is 0 Å². The molecule has 2 rings (SSSR count). The zero-order chi connectivity index (χ0) is 14.9. The lowest BCUT2D eigenvalue weighted by molar-refractivity contribution is 0.0582. The number of anilines is 1. The van der Waals surface area contributed by atoms with Crippen LogP contribution in [0, 0.1) is 0 Å². The van der Waals surface area contributed by atoms with Crippen LogP contribution in [0.3, 0.4) is 0 Å².